The Labute approximate surface area is 159 Å². The van der Waals surface area contributed by atoms with E-state index in [1.165, 1.54) is 6.92 Å². The van der Waals surface area contributed by atoms with E-state index in [9.17, 15) is 45.6 Å². The van der Waals surface area contributed by atoms with Gasteiger partial charge >= 0.3 is 0 Å². The molecule has 8 N–H and O–H groups in total. The Balaban J connectivity index is 2.35. The van der Waals surface area contributed by atoms with E-state index in [-0.39, 0.29) is 5.57 Å². The van der Waals surface area contributed by atoms with Crippen LogP contribution in [0.5, 0.6) is 0 Å². The molecule has 0 unspecified atom stereocenters. The van der Waals surface area contributed by atoms with Crippen LogP contribution in [0.15, 0.2) is 12.2 Å². The normalized spacial score (nSPS) is 47.0. The molecule has 0 aromatic carbocycles. The fourth-order valence-electron chi connectivity index (χ4n) is 3.12. The summed E-state index contributed by atoms with van der Waals surface area (Å²) in [5.41, 5.74) is -3.11. The third-order valence-electron chi connectivity index (χ3n) is 4.85. The number of rotatable bonds is 6. The van der Waals surface area contributed by atoms with Gasteiger partial charge in [0.05, 0.1) is 13.2 Å². The Hall–Kier alpha value is -1.03. The predicted octanol–water partition coefficient (Wildman–Crippen LogP) is -4.88. The van der Waals surface area contributed by atoms with Crippen LogP contribution < -0.4 is 0 Å². The van der Waals surface area contributed by atoms with Crippen LogP contribution in [-0.4, -0.2) is 121 Å². The van der Waals surface area contributed by atoms with Crippen molar-refractivity contribution in [1.29, 1.82) is 0 Å². The zero-order chi connectivity index (χ0) is 21.4. The fraction of sp³-hybridized carbons (Fsp3) is 0.812. The summed E-state index contributed by atoms with van der Waals surface area (Å²) in [5.74, 6) is -1.15. The highest BCUT2D eigenvalue weighted by atomic mass is 16.8. The predicted molar refractivity (Wildman–Crippen MR) is 87.4 cm³/mol. The topological polar surface area (TPSA) is 207 Å². The number of hydrogen-bond donors (Lipinski definition) is 8. The minimum Gasteiger partial charge on any atom is -0.394 e. The lowest BCUT2D eigenvalue weighted by molar-refractivity contribution is -0.389. The maximum Gasteiger partial charge on any atom is 0.207 e. The van der Waals surface area contributed by atoms with Gasteiger partial charge in [-0.2, -0.15) is 0 Å². The maximum atomic E-state index is 12.5. The smallest absolute Gasteiger partial charge is 0.207 e. The van der Waals surface area contributed by atoms with Gasteiger partial charge in [-0.25, -0.2) is 0 Å². The quantitative estimate of drug-likeness (QED) is 0.194. The third kappa shape index (κ3) is 3.86. The summed E-state index contributed by atoms with van der Waals surface area (Å²) < 4.78 is 15.6. The molecule has 0 spiro atoms. The molecule has 2 rings (SSSR count). The average molecular weight is 410 g/mol. The average Bonchev–Trinajstić information content (AvgIpc) is 2.67. The Bertz CT molecular complexity index is 582. The number of carbonyl (C=O) groups is 1. The summed E-state index contributed by atoms with van der Waals surface area (Å²) in [6.45, 7) is 3.02. The molecule has 28 heavy (non-hydrogen) atoms. The van der Waals surface area contributed by atoms with E-state index in [1.807, 2.05) is 0 Å². The summed E-state index contributed by atoms with van der Waals surface area (Å²) >= 11 is 0. The minimum atomic E-state index is -2.89. The van der Waals surface area contributed by atoms with Crippen molar-refractivity contribution in [3.63, 3.8) is 0 Å². The van der Waals surface area contributed by atoms with Crippen molar-refractivity contribution in [3.05, 3.63) is 12.2 Å². The van der Waals surface area contributed by atoms with Gasteiger partial charge in [-0.3, -0.25) is 4.79 Å². The second-order valence-electron chi connectivity index (χ2n) is 6.89. The first kappa shape index (κ1) is 23.3. The zero-order valence-electron chi connectivity index (χ0n) is 15.0. The van der Waals surface area contributed by atoms with Gasteiger partial charge in [-0.1, -0.05) is 6.58 Å². The van der Waals surface area contributed by atoms with E-state index in [0.29, 0.717) is 0 Å². The molecule has 0 saturated carbocycles. The van der Waals surface area contributed by atoms with Crippen molar-refractivity contribution >= 4 is 5.78 Å². The van der Waals surface area contributed by atoms with Crippen LogP contribution in [0.3, 0.4) is 0 Å². The summed E-state index contributed by atoms with van der Waals surface area (Å²) in [6.07, 6.45) is -16.1. The molecule has 162 valence electrons. The molecular weight excluding hydrogens is 384 g/mol. The number of hydrogen-bond acceptors (Lipinski definition) is 12. The van der Waals surface area contributed by atoms with Crippen LogP contribution in [0.4, 0.5) is 0 Å². The van der Waals surface area contributed by atoms with Gasteiger partial charge in [-0.05, 0) is 12.5 Å². The maximum absolute atomic E-state index is 12.5. The van der Waals surface area contributed by atoms with Crippen molar-refractivity contribution in [2.24, 2.45) is 0 Å². The van der Waals surface area contributed by atoms with Crippen molar-refractivity contribution in [2.75, 3.05) is 13.2 Å². The van der Waals surface area contributed by atoms with Crippen LogP contribution in [0.25, 0.3) is 0 Å². The lowest BCUT2D eigenvalue weighted by atomic mass is 9.81. The molecule has 0 aromatic heterocycles. The van der Waals surface area contributed by atoms with Crippen LogP contribution in [-0.2, 0) is 19.0 Å². The molecule has 12 nitrogen and oxygen atoms in total. The molecular formula is C16H26O12. The van der Waals surface area contributed by atoms with Gasteiger partial charge < -0.3 is 55.1 Å². The number of ketones is 1. The van der Waals surface area contributed by atoms with Crippen LogP contribution >= 0.6 is 0 Å². The Morgan fingerprint density at radius 1 is 0.964 bits per heavy atom. The lowest BCUT2D eigenvalue weighted by Crippen LogP contribution is -2.72. The molecule has 10 atom stereocenters. The van der Waals surface area contributed by atoms with E-state index in [4.69, 9.17) is 14.2 Å². The number of aliphatic hydroxyl groups excluding tert-OH is 7. The minimum absolute atomic E-state index is 0.220. The zero-order valence-corrected chi connectivity index (χ0v) is 15.0. The fourth-order valence-corrected chi connectivity index (χ4v) is 3.12. The number of aliphatic hydroxyl groups is 8. The SMILES string of the molecule is C=C(C)C(=O)[C@]1(O)[C@@H](O[C@H]2O[C@H](CO)[C@@H](O)[C@H](O)[C@H]2O)O[C@H](CO)[C@@H](O)[C@@H]1O. The highest BCUT2D eigenvalue weighted by Gasteiger charge is 2.61. The molecule has 2 saturated heterocycles. The third-order valence-corrected chi connectivity index (χ3v) is 4.85. The van der Waals surface area contributed by atoms with Crippen molar-refractivity contribution in [3.8, 4) is 0 Å². The summed E-state index contributed by atoms with van der Waals surface area (Å²) in [5, 5.41) is 79.4. The molecule has 0 bridgehead atoms. The van der Waals surface area contributed by atoms with Gasteiger partial charge in [-0.15, -0.1) is 0 Å². The molecule has 0 radical (unpaired) electrons. The van der Waals surface area contributed by atoms with E-state index >= 15 is 0 Å². The number of carbonyl (C=O) groups excluding carboxylic acids is 1. The van der Waals surface area contributed by atoms with Gasteiger partial charge in [0.15, 0.2) is 18.4 Å². The molecule has 0 aromatic rings. The van der Waals surface area contributed by atoms with Crippen molar-refractivity contribution in [1.82, 2.24) is 0 Å². The summed E-state index contributed by atoms with van der Waals surface area (Å²) in [7, 11) is 0. The van der Waals surface area contributed by atoms with Crippen LogP contribution in [0.1, 0.15) is 6.92 Å². The summed E-state index contributed by atoms with van der Waals surface area (Å²) in [6, 6.07) is 0. The van der Waals surface area contributed by atoms with E-state index < -0.39 is 79.9 Å². The second-order valence-corrected chi connectivity index (χ2v) is 6.89. The van der Waals surface area contributed by atoms with E-state index in [0.717, 1.165) is 0 Å². The molecule has 2 heterocycles. The van der Waals surface area contributed by atoms with E-state index in [2.05, 4.69) is 6.58 Å². The largest absolute Gasteiger partial charge is 0.394 e. The number of Topliss-reactive ketones (excluding diaryl/α,β-unsaturated/α-hetero) is 1. The Morgan fingerprint density at radius 2 is 1.50 bits per heavy atom. The van der Waals surface area contributed by atoms with Crippen LogP contribution in [0, 0.1) is 0 Å². The highest BCUT2D eigenvalue weighted by Crippen LogP contribution is 2.35. The molecule has 2 aliphatic heterocycles. The standard InChI is InChI=1S/C16H26O12/c1-5(2)12(23)16(25)13(24)9(20)7(4-18)27-15(16)28-14-11(22)10(21)8(19)6(3-17)26-14/h6-11,13-15,17-22,24-25H,1,3-4H2,2H3/t6-,7-,8-,9-,10+,11-,13+,14-,15-,16-/m1/s1. The summed E-state index contributed by atoms with van der Waals surface area (Å²) in [4.78, 5) is 12.5. The van der Waals surface area contributed by atoms with Gasteiger partial charge in [0, 0.05) is 0 Å². The monoisotopic (exact) mass is 410 g/mol. The van der Waals surface area contributed by atoms with Gasteiger partial charge in [0.25, 0.3) is 0 Å². The molecule has 0 aliphatic carbocycles. The van der Waals surface area contributed by atoms with Crippen LogP contribution in [0.2, 0.25) is 0 Å². The van der Waals surface area contributed by atoms with Crippen molar-refractivity contribution in [2.45, 2.75) is 67.8 Å². The van der Waals surface area contributed by atoms with E-state index in [1.54, 1.807) is 0 Å². The first-order valence-corrected chi connectivity index (χ1v) is 8.51. The van der Waals surface area contributed by atoms with Crippen molar-refractivity contribution < 1.29 is 59.9 Å². The first-order valence-electron chi connectivity index (χ1n) is 8.51. The Kier molecular flexibility index (Phi) is 7.28. The molecule has 2 fully saturated rings. The highest BCUT2D eigenvalue weighted by molar-refractivity contribution is 6.01. The lowest BCUT2D eigenvalue weighted by Gasteiger charge is -2.49. The molecule has 0 amide bonds. The second kappa shape index (κ2) is 8.77. The molecule has 12 heteroatoms. The Morgan fingerprint density at radius 3 is 2.00 bits per heavy atom. The van der Waals surface area contributed by atoms with Gasteiger partial charge in [0.2, 0.25) is 5.60 Å². The number of ether oxygens (including phenoxy) is 3. The van der Waals surface area contributed by atoms with Gasteiger partial charge in [0.1, 0.15) is 42.7 Å². The first-order chi connectivity index (χ1) is 13.0. The molecule has 2 aliphatic rings.